The summed E-state index contributed by atoms with van der Waals surface area (Å²) in [6.07, 6.45) is 0.913. The van der Waals surface area contributed by atoms with Crippen LogP contribution in [-0.2, 0) is 13.1 Å². The molecule has 1 unspecified atom stereocenters. The van der Waals surface area contributed by atoms with Crippen LogP contribution in [0, 0.1) is 24.5 Å². The minimum absolute atomic E-state index is 0.0292. The Morgan fingerprint density at radius 2 is 1.88 bits per heavy atom. The first-order valence-electron chi connectivity index (χ1n) is 10.3. The first-order chi connectivity index (χ1) is 15.2. The van der Waals surface area contributed by atoms with E-state index < -0.39 is 58.9 Å². The molecule has 1 aliphatic carbocycles. The molecule has 3 heterocycles. The summed E-state index contributed by atoms with van der Waals surface area (Å²) in [5.74, 6) is -4.17. The molecular weight excluding hydrogens is 427 g/mol. The van der Waals surface area contributed by atoms with Crippen molar-refractivity contribution in [2.75, 3.05) is 0 Å². The highest BCUT2D eigenvalue weighted by atomic mass is 19.1. The van der Waals surface area contributed by atoms with E-state index in [-0.39, 0.29) is 29.8 Å². The van der Waals surface area contributed by atoms with E-state index in [1.807, 2.05) is 0 Å². The van der Waals surface area contributed by atoms with Gasteiger partial charge in [-0.1, -0.05) is 0 Å². The maximum atomic E-state index is 14.2. The number of piperidine rings is 1. The lowest BCUT2D eigenvalue weighted by Gasteiger charge is -2.41. The molecule has 2 N–H and O–H groups in total. The number of aromatic hydroxyl groups is 1. The van der Waals surface area contributed by atoms with E-state index in [9.17, 15) is 32.7 Å². The van der Waals surface area contributed by atoms with E-state index in [0.717, 1.165) is 12.1 Å². The third-order valence-electron chi connectivity index (χ3n) is 6.78. The molecule has 3 aliphatic rings. The van der Waals surface area contributed by atoms with Gasteiger partial charge in [0.25, 0.3) is 11.8 Å². The number of benzene rings is 1. The van der Waals surface area contributed by atoms with Crippen molar-refractivity contribution in [1.82, 2.24) is 14.8 Å². The molecule has 2 fully saturated rings. The number of pyridine rings is 1. The molecule has 2 aromatic rings. The molecule has 1 saturated heterocycles. The summed E-state index contributed by atoms with van der Waals surface area (Å²) in [5, 5.41) is 12.7. The lowest BCUT2D eigenvalue weighted by atomic mass is 9.95. The average molecular weight is 447 g/mol. The number of amides is 2. The second-order valence-corrected chi connectivity index (χ2v) is 8.71. The van der Waals surface area contributed by atoms with Crippen LogP contribution >= 0.6 is 0 Å². The summed E-state index contributed by atoms with van der Waals surface area (Å²) in [5.41, 5.74) is -1.79. The molecule has 2 aliphatic heterocycles. The fourth-order valence-electron chi connectivity index (χ4n) is 5.28. The van der Waals surface area contributed by atoms with Crippen LogP contribution in [0.2, 0.25) is 0 Å². The van der Waals surface area contributed by atoms with E-state index >= 15 is 0 Å². The Hall–Kier alpha value is -3.30. The predicted octanol–water partition coefficient (Wildman–Crippen LogP) is 2.03. The molecule has 5 rings (SSSR count). The van der Waals surface area contributed by atoms with Gasteiger partial charge >= 0.3 is 0 Å². The second kappa shape index (κ2) is 7.11. The third-order valence-corrected chi connectivity index (χ3v) is 6.78. The molecule has 10 heteroatoms. The normalized spacial score (nSPS) is 25.6. The number of carbonyl (C=O) groups excluding carboxylic acids is 2. The maximum Gasteiger partial charge on any atom is 0.275 e. The summed E-state index contributed by atoms with van der Waals surface area (Å²) in [6.45, 7) is 1.23. The van der Waals surface area contributed by atoms with Gasteiger partial charge in [-0.15, -0.1) is 0 Å². The van der Waals surface area contributed by atoms with Crippen LogP contribution in [0.3, 0.4) is 0 Å². The fourth-order valence-corrected chi connectivity index (χ4v) is 5.28. The van der Waals surface area contributed by atoms with Crippen molar-refractivity contribution in [1.29, 1.82) is 0 Å². The monoisotopic (exact) mass is 447 g/mol. The van der Waals surface area contributed by atoms with Crippen LogP contribution < -0.4 is 10.7 Å². The first kappa shape index (κ1) is 20.6. The van der Waals surface area contributed by atoms with Gasteiger partial charge in [-0.3, -0.25) is 14.4 Å². The second-order valence-electron chi connectivity index (χ2n) is 8.71. The Balaban J connectivity index is 1.44. The van der Waals surface area contributed by atoms with Crippen LogP contribution in [0.1, 0.15) is 44.8 Å². The van der Waals surface area contributed by atoms with Crippen molar-refractivity contribution in [2.45, 2.75) is 51.1 Å². The number of rotatable bonds is 3. The van der Waals surface area contributed by atoms with Gasteiger partial charge in [-0.05, 0) is 43.4 Å². The van der Waals surface area contributed by atoms with E-state index in [1.54, 1.807) is 0 Å². The summed E-state index contributed by atoms with van der Waals surface area (Å²) in [7, 11) is 0. The standard InChI is InChI=1S/C22H20F3N3O4/c1-9-2-13(23)11(14(24)3-9)6-26-21(31)12-7-27-8-17-10-4-15(25)16(5-10)28(17)22(32)18(27)20(30)19(12)29/h2-3,7,10,15-17,30H,4-6,8H2,1H3,(H,26,31)/t10-,15-,16?,17+/m0/s1. The van der Waals surface area contributed by atoms with Crippen molar-refractivity contribution in [3.05, 3.63) is 62.6 Å². The zero-order valence-electron chi connectivity index (χ0n) is 17.1. The molecule has 0 spiro atoms. The number of aromatic nitrogens is 1. The predicted molar refractivity (Wildman–Crippen MR) is 106 cm³/mol. The highest BCUT2D eigenvalue weighted by molar-refractivity contribution is 5.99. The molecule has 32 heavy (non-hydrogen) atoms. The number of alkyl halides is 1. The SMILES string of the molecule is Cc1cc(F)c(CNC(=O)c2cn3c(c(O)c2=O)C(=O)N2C4C[C@H](C[C@@H]4F)[C@H]2C3)c(F)c1. The van der Waals surface area contributed by atoms with Gasteiger partial charge in [0.05, 0.1) is 12.1 Å². The number of halogens is 3. The zero-order valence-corrected chi connectivity index (χ0v) is 17.1. The van der Waals surface area contributed by atoms with Crippen molar-refractivity contribution in [2.24, 2.45) is 5.92 Å². The van der Waals surface area contributed by atoms with Crippen molar-refractivity contribution in [3.8, 4) is 5.75 Å². The van der Waals surface area contributed by atoms with Crippen molar-refractivity contribution >= 4 is 11.8 Å². The van der Waals surface area contributed by atoms with E-state index in [0.29, 0.717) is 18.4 Å². The first-order valence-corrected chi connectivity index (χ1v) is 10.3. The molecule has 0 radical (unpaired) electrons. The van der Waals surface area contributed by atoms with Crippen LogP contribution in [-0.4, -0.2) is 44.6 Å². The summed E-state index contributed by atoms with van der Waals surface area (Å²) >= 11 is 0. The van der Waals surface area contributed by atoms with Crippen LogP contribution in [0.15, 0.2) is 23.1 Å². The third kappa shape index (κ3) is 2.92. The zero-order chi connectivity index (χ0) is 22.9. The topological polar surface area (TPSA) is 91.6 Å². The van der Waals surface area contributed by atoms with Gasteiger partial charge < -0.3 is 19.9 Å². The quantitative estimate of drug-likeness (QED) is 0.753. The van der Waals surface area contributed by atoms with Crippen molar-refractivity contribution in [3.63, 3.8) is 0 Å². The van der Waals surface area contributed by atoms with E-state index in [1.165, 1.54) is 22.6 Å². The lowest BCUT2D eigenvalue weighted by Crippen LogP contribution is -2.55. The minimum Gasteiger partial charge on any atom is -0.503 e. The van der Waals surface area contributed by atoms with Crippen LogP contribution in [0.5, 0.6) is 5.75 Å². The average Bonchev–Trinajstić information content (AvgIpc) is 3.27. The molecular formula is C22H20F3N3O4. The molecule has 2 bridgehead atoms. The van der Waals surface area contributed by atoms with Gasteiger partial charge in [0, 0.05) is 24.8 Å². The number of nitrogens with zero attached hydrogens (tertiary/aromatic N) is 2. The smallest absolute Gasteiger partial charge is 0.275 e. The van der Waals surface area contributed by atoms with Crippen molar-refractivity contribution < 1.29 is 27.9 Å². The Labute approximate surface area is 180 Å². The van der Waals surface area contributed by atoms with Gasteiger partial charge in [-0.25, -0.2) is 13.2 Å². The number of hydrogen-bond acceptors (Lipinski definition) is 4. The Kier molecular flexibility index (Phi) is 4.58. The Morgan fingerprint density at radius 3 is 2.56 bits per heavy atom. The largest absolute Gasteiger partial charge is 0.503 e. The molecule has 168 valence electrons. The maximum absolute atomic E-state index is 14.2. The highest BCUT2D eigenvalue weighted by Crippen LogP contribution is 2.47. The molecule has 1 saturated carbocycles. The van der Waals surface area contributed by atoms with E-state index in [4.69, 9.17) is 0 Å². The lowest BCUT2D eigenvalue weighted by molar-refractivity contribution is 0.0315. The number of carbonyl (C=O) groups is 2. The number of fused-ring (bicyclic) bond motifs is 6. The highest BCUT2D eigenvalue weighted by Gasteiger charge is 2.56. The molecule has 2 amide bonds. The van der Waals surface area contributed by atoms with Crippen LogP contribution in [0.25, 0.3) is 0 Å². The van der Waals surface area contributed by atoms with Gasteiger partial charge in [0.2, 0.25) is 5.43 Å². The molecule has 4 atom stereocenters. The van der Waals surface area contributed by atoms with Crippen LogP contribution in [0.4, 0.5) is 13.2 Å². The van der Waals surface area contributed by atoms with Gasteiger partial charge in [-0.2, -0.15) is 0 Å². The van der Waals surface area contributed by atoms with E-state index in [2.05, 4.69) is 5.32 Å². The van der Waals surface area contributed by atoms with Gasteiger partial charge in [0.1, 0.15) is 23.4 Å². The molecule has 7 nitrogen and oxygen atoms in total. The van der Waals surface area contributed by atoms with Gasteiger partial charge in [0.15, 0.2) is 11.4 Å². The summed E-state index contributed by atoms with van der Waals surface area (Å²) < 4.78 is 43.6. The fraction of sp³-hybridized carbons (Fsp3) is 0.409. The Morgan fingerprint density at radius 1 is 1.19 bits per heavy atom. The minimum atomic E-state index is -1.13. The number of aryl methyl sites for hydroxylation is 1. The number of nitrogens with one attached hydrogen (secondary N) is 1. The summed E-state index contributed by atoms with van der Waals surface area (Å²) in [6, 6.07) is 1.40. The Bertz CT molecular complexity index is 1200. The summed E-state index contributed by atoms with van der Waals surface area (Å²) in [4.78, 5) is 39.6. The molecule has 1 aromatic heterocycles. The number of hydrogen-bond donors (Lipinski definition) is 2. The molecule has 1 aromatic carbocycles.